The summed E-state index contributed by atoms with van der Waals surface area (Å²) in [6.07, 6.45) is 0.620. The first-order chi connectivity index (χ1) is 11.4. The molecule has 8 heteroatoms. The van der Waals surface area contributed by atoms with E-state index < -0.39 is 47.3 Å². The first-order valence-electron chi connectivity index (χ1n) is 6.88. The standard InChI is InChI=1S/C16H12F5NO2/c1-2-8-5-3-4-6-9(8)22-10(23)7-24-16-14(20)12(18)11(17)13(19)15(16)21/h3-6H,2,7H2,1H3,(H,22,23). The minimum absolute atomic E-state index is 0.464. The molecule has 0 aromatic heterocycles. The second-order valence-electron chi connectivity index (χ2n) is 4.75. The number of nitrogens with one attached hydrogen (secondary N) is 1. The third-order valence-corrected chi connectivity index (χ3v) is 3.19. The Kier molecular flexibility index (Phi) is 5.38. The van der Waals surface area contributed by atoms with Gasteiger partial charge in [-0.2, -0.15) is 8.78 Å². The van der Waals surface area contributed by atoms with E-state index in [9.17, 15) is 26.7 Å². The summed E-state index contributed by atoms with van der Waals surface area (Å²) in [6.45, 7) is 0.937. The first kappa shape index (κ1) is 17.7. The Hall–Kier alpha value is -2.64. The number of hydrogen-bond donors (Lipinski definition) is 1. The van der Waals surface area contributed by atoms with E-state index >= 15 is 0 Å². The predicted molar refractivity (Wildman–Crippen MR) is 76.2 cm³/mol. The van der Waals surface area contributed by atoms with Crippen LogP contribution in [-0.2, 0) is 11.2 Å². The van der Waals surface area contributed by atoms with E-state index in [-0.39, 0.29) is 0 Å². The summed E-state index contributed by atoms with van der Waals surface area (Å²) < 4.78 is 70.3. The van der Waals surface area contributed by atoms with Crippen molar-refractivity contribution in [2.45, 2.75) is 13.3 Å². The zero-order chi connectivity index (χ0) is 17.9. The van der Waals surface area contributed by atoms with E-state index in [1.165, 1.54) is 0 Å². The molecule has 0 bridgehead atoms. The minimum atomic E-state index is -2.29. The third-order valence-electron chi connectivity index (χ3n) is 3.19. The normalized spacial score (nSPS) is 10.6. The molecule has 24 heavy (non-hydrogen) atoms. The van der Waals surface area contributed by atoms with Gasteiger partial charge in [0.15, 0.2) is 12.4 Å². The number of amides is 1. The zero-order valence-electron chi connectivity index (χ0n) is 12.4. The molecular formula is C16H12F5NO2. The van der Waals surface area contributed by atoms with E-state index in [0.29, 0.717) is 12.1 Å². The topological polar surface area (TPSA) is 38.3 Å². The summed E-state index contributed by atoms with van der Waals surface area (Å²) in [4.78, 5) is 11.8. The van der Waals surface area contributed by atoms with Crippen molar-refractivity contribution in [1.29, 1.82) is 0 Å². The van der Waals surface area contributed by atoms with Crippen molar-refractivity contribution in [2.75, 3.05) is 11.9 Å². The van der Waals surface area contributed by atoms with Gasteiger partial charge in [0.1, 0.15) is 0 Å². The van der Waals surface area contributed by atoms with Crippen molar-refractivity contribution in [3.05, 3.63) is 58.9 Å². The Bertz CT molecular complexity index is 750. The second kappa shape index (κ2) is 7.29. The zero-order valence-corrected chi connectivity index (χ0v) is 12.4. The molecule has 1 amide bonds. The van der Waals surface area contributed by atoms with Crippen LogP contribution in [0.4, 0.5) is 27.6 Å². The SMILES string of the molecule is CCc1ccccc1NC(=O)COc1c(F)c(F)c(F)c(F)c1F. The lowest BCUT2D eigenvalue weighted by Gasteiger charge is -2.12. The molecule has 2 rings (SSSR count). The number of benzene rings is 2. The van der Waals surface area contributed by atoms with Crippen molar-refractivity contribution in [2.24, 2.45) is 0 Å². The Balaban J connectivity index is 2.13. The van der Waals surface area contributed by atoms with Crippen LogP contribution in [0.1, 0.15) is 12.5 Å². The van der Waals surface area contributed by atoms with Crippen LogP contribution in [0.2, 0.25) is 0 Å². The van der Waals surface area contributed by atoms with Gasteiger partial charge < -0.3 is 10.1 Å². The fraction of sp³-hybridized carbons (Fsp3) is 0.188. The van der Waals surface area contributed by atoms with Crippen molar-refractivity contribution >= 4 is 11.6 Å². The Morgan fingerprint density at radius 3 is 2.08 bits per heavy atom. The quantitative estimate of drug-likeness (QED) is 0.506. The average molecular weight is 345 g/mol. The molecule has 2 aromatic rings. The van der Waals surface area contributed by atoms with Crippen LogP contribution in [0.3, 0.4) is 0 Å². The molecular weight excluding hydrogens is 333 g/mol. The number of halogens is 5. The first-order valence-corrected chi connectivity index (χ1v) is 6.88. The lowest BCUT2D eigenvalue weighted by atomic mass is 10.1. The maximum Gasteiger partial charge on any atom is 0.262 e. The highest BCUT2D eigenvalue weighted by Crippen LogP contribution is 2.29. The highest BCUT2D eigenvalue weighted by atomic mass is 19.2. The molecule has 0 radical (unpaired) electrons. The number of anilines is 1. The maximum atomic E-state index is 13.4. The molecule has 0 spiro atoms. The monoisotopic (exact) mass is 345 g/mol. The van der Waals surface area contributed by atoms with Crippen molar-refractivity contribution < 1.29 is 31.5 Å². The van der Waals surface area contributed by atoms with E-state index in [2.05, 4.69) is 10.1 Å². The van der Waals surface area contributed by atoms with Crippen LogP contribution in [0.15, 0.2) is 24.3 Å². The lowest BCUT2D eigenvalue weighted by Crippen LogP contribution is -2.22. The molecule has 0 atom stereocenters. The predicted octanol–water partition coefficient (Wildman–Crippen LogP) is 3.96. The fourth-order valence-electron chi connectivity index (χ4n) is 1.99. The molecule has 128 valence electrons. The van der Waals surface area contributed by atoms with Gasteiger partial charge in [-0.3, -0.25) is 4.79 Å². The summed E-state index contributed by atoms with van der Waals surface area (Å²) in [5, 5.41) is 2.44. The molecule has 0 aliphatic carbocycles. The smallest absolute Gasteiger partial charge is 0.262 e. The molecule has 0 saturated heterocycles. The highest BCUT2D eigenvalue weighted by molar-refractivity contribution is 5.92. The van der Waals surface area contributed by atoms with Crippen LogP contribution in [0.25, 0.3) is 0 Å². The van der Waals surface area contributed by atoms with Crippen LogP contribution in [0, 0.1) is 29.1 Å². The number of carbonyl (C=O) groups excluding carboxylic acids is 1. The molecule has 0 aliphatic heterocycles. The summed E-state index contributed by atoms with van der Waals surface area (Å²) in [6, 6.07) is 6.80. The van der Waals surface area contributed by atoms with Gasteiger partial charge in [-0.05, 0) is 18.1 Å². The van der Waals surface area contributed by atoms with Gasteiger partial charge in [-0.1, -0.05) is 25.1 Å². The number of para-hydroxylation sites is 1. The summed E-state index contributed by atoms with van der Waals surface area (Å²) in [5.41, 5.74) is 1.27. The molecule has 0 fully saturated rings. The summed E-state index contributed by atoms with van der Waals surface area (Å²) >= 11 is 0. The van der Waals surface area contributed by atoms with Gasteiger partial charge in [-0.25, -0.2) is 13.2 Å². The Labute approximate surface area is 134 Å². The average Bonchev–Trinajstić information content (AvgIpc) is 2.58. The number of hydrogen-bond acceptors (Lipinski definition) is 2. The second-order valence-corrected chi connectivity index (χ2v) is 4.75. The molecule has 0 saturated carbocycles. The van der Waals surface area contributed by atoms with Crippen LogP contribution in [0.5, 0.6) is 5.75 Å². The van der Waals surface area contributed by atoms with E-state index in [1.807, 2.05) is 6.92 Å². The molecule has 0 aliphatic rings. The third kappa shape index (κ3) is 3.47. The summed E-state index contributed by atoms with van der Waals surface area (Å²) in [5.74, 6) is -13.1. The molecule has 2 aromatic carbocycles. The molecule has 0 unspecified atom stereocenters. The van der Waals surface area contributed by atoms with Crippen molar-refractivity contribution in [3.8, 4) is 5.75 Å². The lowest BCUT2D eigenvalue weighted by molar-refractivity contribution is -0.118. The van der Waals surface area contributed by atoms with Gasteiger partial charge in [0.05, 0.1) is 0 Å². The van der Waals surface area contributed by atoms with Gasteiger partial charge in [0, 0.05) is 5.69 Å². The molecule has 1 N–H and O–H groups in total. The number of aryl methyl sites for hydroxylation is 1. The number of rotatable bonds is 5. The molecule has 0 heterocycles. The van der Waals surface area contributed by atoms with Crippen molar-refractivity contribution in [3.63, 3.8) is 0 Å². The fourth-order valence-corrected chi connectivity index (χ4v) is 1.99. The van der Waals surface area contributed by atoms with Crippen LogP contribution in [-0.4, -0.2) is 12.5 Å². The minimum Gasteiger partial charge on any atom is -0.477 e. The largest absolute Gasteiger partial charge is 0.477 e. The van der Waals surface area contributed by atoms with Crippen LogP contribution >= 0.6 is 0 Å². The van der Waals surface area contributed by atoms with Crippen LogP contribution < -0.4 is 10.1 Å². The van der Waals surface area contributed by atoms with E-state index in [0.717, 1.165) is 5.56 Å². The van der Waals surface area contributed by atoms with E-state index in [1.54, 1.807) is 24.3 Å². The molecule has 3 nitrogen and oxygen atoms in total. The van der Waals surface area contributed by atoms with E-state index in [4.69, 9.17) is 0 Å². The van der Waals surface area contributed by atoms with Gasteiger partial charge in [0.25, 0.3) is 5.91 Å². The van der Waals surface area contributed by atoms with Crippen molar-refractivity contribution in [1.82, 2.24) is 0 Å². The highest BCUT2D eigenvalue weighted by Gasteiger charge is 2.27. The Morgan fingerprint density at radius 1 is 0.958 bits per heavy atom. The Morgan fingerprint density at radius 2 is 1.50 bits per heavy atom. The van der Waals surface area contributed by atoms with Gasteiger partial charge >= 0.3 is 0 Å². The summed E-state index contributed by atoms with van der Waals surface area (Å²) in [7, 11) is 0. The number of ether oxygens (including phenoxy) is 1. The van der Waals surface area contributed by atoms with Gasteiger partial charge in [0.2, 0.25) is 29.1 Å². The van der Waals surface area contributed by atoms with Gasteiger partial charge in [-0.15, -0.1) is 0 Å². The number of carbonyl (C=O) groups is 1. The maximum absolute atomic E-state index is 13.4.